The van der Waals surface area contributed by atoms with Gasteiger partial charge < -0.3 is 30.7 Å². The van der Waals surface area contributed by atoms with Gasteiger partial charge in [-0.3, -0.25) is 14.6 Å². The first-order chi connectivity index (χ1) is 23.4. The lowest BCUT2D eigenvalue weighted by molar-refractivity contribution is -0.123. The van der Waals surface area contributed by atoms with E-state index in [1.807, 2.05) is 77.5 Å². The number of hydrogen-bond acceptors (Lipinski definition) is 7. The van der Waals surface area contributed by atoms with Gasteiger partial charge in [-0.2, -0.15) is 0 Å². The number of nitrogens with zero attached hydrogens (tertiary/aromatic N) is 5. The molecule has 0 fully saturated rings. The third-order valence-corrected chi connectivity index (χ3v) is 8.28. The molecule has 3 heterocycles. The average molecular weight is 643 g/mol. The number of rotatable bonds is 14. The number of methoxy groups -OCH3 is 1. The van der Waals surface area contributed by atoms with Crippen molar-refractivity contribution in [1.29, 1.82) is 0 Å². The Morgan fingerprint density at radius 2 is 1.81 bits per heavy atom. The van der Waals surface area contributed by atoms with Crippen LogP contribution in [0.15, 0.2) is 110 Å². The van der Waals surface area contributed by atoms with E-state index in [0.717, 1.165) is 45.0 Å². The molecule has 3 aromatic heterocycles. The van der Waals surface area contributed by atoms with Crippen LogP contribution in [0, 0.1) is 0 Å². The van der Waals surface area contributed by atoms with Gasteiger partial charge in [0, 0.05) is 49.4 Å². The van der Waals surface area contributed by atoms with Gasteiger partial charge in [0.15, 0.2) is 0 Å². The zero-order valence-electron chi connectivity index (χ0n) is 26.7. The first kappa shape index (κ1) is 32.1. The van der Waals surface area contributed by atoms with Crippen LogP contribution in [-0.2, 0) is 35.5 Å². The summed E-state index contributed by atoms with van der Waals surface area (Å²) in [6.45, 7) is 1.33. The predicted molar refractivity (Wildman–Crippen MR) is 184 cm³/mol. The van der Waals surface area contributed by atoms with Gasteiger partial charge >= 0.3 is 0 Å². The maximum absolute atomic E-state index is 13.3. The topological polar surface area (TPSA) is 156 Å². The molecule has 0 saturated carbocycles. The molecule has 0 aliphatic heterocycles. The Balaban J connectivity index is 1.30. The minimum absolute atomic E-state index is 0.0873. The molecule has 244 valence electrons. The molecule has 6 rings (SSSR count). The van der Waals surface area contributed by atoms with Gasteiger partial charge in [-0.1, -0.05) is 42.5 Å². The van der Waals surface area contributed by atoms with Crippen molar-refractivity contribution in [2.75, 3.05) is 7.11 Å². The van der Waals surface area contributed by atoms with Crippen LogP contribution in [0.4, 0.5) is 0 Å². The van der Waals surface area contributed by atoms with E-state index in [2.05, 4.69) is 38.1 Å². The molecular formula is C37H38N8O3. The zero-order chi connectivity index (χ0) is 33.5. The Morgan fingerprint density at radius 1 is 0.958 bits per heavy atom. The number of nitrogens with two attached hydrogens (primary N) is 2. The molecule has 2 atom stereocenters. The van der Waals surface area contributed by atoms with Crippen molar-refractivity contribution in [2.45, 2.75) is 44.4 Å². The Morgan fingerprint density at radius 3 is 2.54 bits per heavy atom. The molecule has 0 bridgehead atoms. The van der Waals surface area contributed by atoms with Gasteiger partial charge in [0.2, 0.25) is 11.8 Å². The standard InChI is InChI=1S/C37H38N8O3/c1-48-30-11-8-25(9-12-30)20-31(38)37(47)43-32(22-35(39)46)27-10-13-34-33(21-27)42-36(45(34)17-14-29-7-2-3-15-41-29)28-6-4-5-26(19-28)23-44-18-16-40-24-44/h2-13,15-16,18-19,21,24,31-32H,14,17,20,22-23,38H2,1H3,(H2,39,46)(H,43,47). The van der Waals surface area contributed by atoms with E-state index in [-0.39, 0.29) is 12.3 Å². The number of imidazole rings is 2. The number of carbonyl (C=O) groups is 2. The van der Waals surface area contributed by atoms with Crippen molar-refractivity contribution in [3.8, 4) is 17.1 Å². The van der Waals surface area contributed by atoms with Gasteiger partial charge in [-0.15, -0.1) is 0 Å². The molecular weight excluding hydrogens is 604 g/mol. The number of benzene rings is 3. The molecule has 2 unspecified atom stereocenters. The second-order valence-corrected chi connectivity index (χ2v) is 11.7. The highest BCUT2D eigenvalue weighted by Crippen LogP contribution is 2.29. The fourth-order valence-electron chi connectivity index (χ4n) is 5.82. The molecule has 0 aliphatic carbocycles. The van der Waals surface area contributed by atoms with Gasteiger partial charge in [-0.05, 0) is 65.6 Å². The summed E-state index contributed by atoms with van der Waals surface area (Å²) in [6.07, 6.45) is 8.23. The number of nitrogens with one attached hydrogen (secondary N) is 1. The van der Waals surface area contributed by atoms with Crippen LogP contribution < -0.4 is 21.5 Å². The third-order valence-electron chi connectivity index (χ3n) is 8.28. The number of ether oxygens (including phenoxy) is 1. The quantitative estimate of drug-likeness (QED) is 0.161. The number of fused-ring (bicyclic) bond motifs is 1. The molecule has 6 aromatic rings. The lowest BCUT2D eigenvalue weighted by Crippen LogP contribution is -2.44. The van der Waals surface area contributed by atoms with Crippen LogP contribution in [0.5, 0.6) is 5.75 Å². The molecule has 0 saturated heterocycles. The van der Waals surface area contributed by atoms with Crippen molar-refractivity contribution in [1.82, 2.24) is 29.4 Å². The van der Waals surface area contributed by atoms with Crippen LogP contribution >= 0.6 is 0 Å². The molecule has 11 nitrogen and oxygen atoms in total. The fraction of sp³-hybridized carbons (Fsp3) is 0.216. The largest absolute Gasteiger partial charge is 0.497 e. The van der Waals surface area contributed by atoms with E-state index in [1.54, 1.807) is 25.8 Å². The van der Waals surface area contributed by atoms with E-state index in [9.17, 15) is 9.59 Å². The molecule has 48 heavy (non-hydrogen) atoms. The van der Waals surface area contributed by atoms with Crippen molar-refractivity contribution < 1.29 is 14.3 Å². The van der Waals surface area contributed by atoms with Crippen molar-refractivity contribution in [2.24, 2.45) is 11.5 Å². The average Bonchev–Trinajstić information content (AvgIpc) is 3.75. The van der Waals surface area contributed by atoms with E-state index in [4.69, 9.17) is 21.2 Å². The summed E-state index contributed by atoms with van der Waals surface area (Å²) in [6, 6.07) is 25.9. The molecule has 2 amide bonds. The highest BCUT2D eigenvalue weighted by atomic mass is 16.5. The van der Waals surface area contributed by atoms with Crippen LogP contribution in [0.3, 0.4) is 0 Å². The summed E-state index contributed by atoms with van der Waals surface area (Å²) in [7, 11) is 1.60. The highest BCUT2D eigenvalue weighted by Gasteiger charge is 2.23. The number of pyridine rings is 1. The van der Waals surface area contributed by atoms with Crippen LogP contribution in [0.2, 0.25) is 0 Å². The summed E-state index contributed by atoms with van der Waals surface area (Å²) >= 11 is 0. The Bertz CT molecular complexity index is 1990. The lowest BCUT2D eigenvalue weighted by atomic mass is 10.0. The summed E-state index contributed by atoms with van der Waals surface area (Å²) in [5.74, 6) is 0.606. The van der Waals surface area contributed by atoms with Crippen LogP contribution in [0.25, 0.3) is 22.4 Å². The summed E-state index contributed by atoms with van der Waals surface area (Å²) in [5, 5.41) is 2.96. The number of aryl methyl sites for hydroxylation is 2. The summed E-state index contributed by atoms with van der Waals surface area (Å²) in [5.41, 5.74) is 18.3. The number of hydrogen-bond donors (Lipinski definition) is 3. The normalized spacial score (nSPS) is 12.5. The molecule has 0 radical (unpaired) electrons. The van der Waals surface area contributed by atoms with E-state index in [1.165, 1.54) is 0 Å². The first-order valence-corrected chi connectivity index (χ1v) is 15.8. The number of carbonyl (C=O) groups excluding carboxylic acids is 2. The Labute approximate surface area is 278 Å². The fourth-order valence-corrected chi connectivity index (χ4v) is 5.82. The lowest BCUT2D eigenvalue weighted by Gasteiger charge is -2.21. The number of primary amides is 1. The third kappa shape index (κ3) is 7.76. The number of aromatic nitrogens is 5. The van der Waals surface area contributed by atoms with Gasteiger partial charge in [-0.25, -0.2) is 9.97 Å². The van der Waals surface area contributed by atoms with E-state index < -0.39 is 18.0 Å². The molecule has 0 aliphatic rings. The summed E-state index contributed by atoms with van der Waals surface area (Å²) in [4.78, 5) is 39.2. The smallest absolute Gasteiger partial charge is 0.237 e. The van der Waals surface area contributed by atoms with Gasteiger partial charge in [0.1, 0.15) is 11.6 Å². The van der Waals surface area contributed by atoms with E-state index >= 15 is 0 Å². The predicted octanol–water partition coefficient (Wildman–Crippen LogP) is 4.20. The van der Waals surface area contributed by atoms with Crippen LogP contribution in [-0.4, -0.2) is 49.1 Å². The number of amides is 2. The monoisotopic (exact) mass is 642 g/mol. The van der Waals surface area contributed by atoms with Crippen molar-refractivity contribution in [3.63, 3.8) is 0 Å². The van der Waals surface area contributed by atoms with Gasteiger partial charge in [0.05, 0.1) is 43.0 Å². The Kier molecular flexibility index (Phi) is 9.87. The van der Waals surface area contributed by atoms with Crippen LogP contribution in [0.1, 0.15) is 34.8 Å². The SMILES string of the molecule is COc1ccc(CC(N)C(=O)NC(CC(N)=O)c2ccc3c(c2)nc(-c2cccc(Cn4ccnc4)c2)n3CCc2ccccn2)cc1. The molecule has 3 aromatic carbocycles. The highest BCUT2D eigenvalue weighted by molar-refractivity contribution is 5.85. The molecule has 5 N–H and O–H groups in total. The summed E-state index contributed by atoms with van der Waals surface area (Å²) < 4.78 is 9.43. The molecule has 0 spiro atoms. The second-order valence-electron chi connectivity index (χ2n) is 11.7. The van der Waals surface area contributed by atoms with Crippen molar-refractivity contribution >= 4 is 22.8 Å². The minimum atomic E-state index is -0.829. The maximum Gasteiger partial charge on any atom is 0.237 e. The van der Waals surface area contributed by atoms with Gasteiger partial charge in [0.25, 0.3) is 0 Å². The first-order valence-electron chi connectivity index (χ1n) is 15.8. The minimum Gasteiger partial charge on any atom is -0.497 e. The second kappa shape index (κ2) is 14.7. The van der Waals surface area contributed by atoms with E-state index in [0.29, 0.717) is 31.5 Å². The maximum atomic E-state index is 13.3. The van der Waals surface area contributed by atoms with Crippen molar-refractivity contribution in [3.05, 3.63) is 132 Å². The Hall–Kier alpha value is -5.81. The molecule has 11 heteroatoms. The zero-order valence-corrected chi connectivity index (χ0v) is 26.7.